The Labute approximate surface area is 314 Å². The number of carboxylic acids is 1. The molecule has 3 rings (SSSR count). The summed E-state index contributed by atoms with van der Waals surface area (Å²) in [6, 6.07) is 0.0234. The molecule has 0 saturated carbocycles. The molecule has 0 aliphatic carbocycles. The second kappa shape index (κ2) is 26.3. The summed E-state index contributed by atoms with van der Waals surface area (Å²) in [5.74, 6) is -1.68. The molecule has 0 aromatic rings. The number of likely N-dealkylation sites (tertiary alicyclic amines) is 2. The summed E-state index contributed by atoms with van der Waals surface area (Å²) in [7, 11) is 0. The number of nitrogens with zero attached hydrogens (tertiary/aromatic N) is 3. The number of imide groups is 3. The van der Waals surface area contributed by atoms with Gasteiger partial charge in [0.1, 0.15) is 0 Å². The molecule has 0 aromatic heterocycles. The van der Waals surface area contributed by atoms with Crippen molar-refractivity contribution >= 4 is 95.2 Å². The summed E-state index contributed by atoms with van der Waals surface area (Å²) in [5, 5.41) is 10.4. The van der Waals surface area contributed by atoms with Crippen LogP contribution in [-0.2, 0) is 38.4 Å². The molecule has 50 heavy (non-hydrogen) atoms. The third-order valence-electron chi connectivity index (χ3n) is 6.61. The minimum Gasteiger partial charge on any atom is -0.481 e. The van der Waals surface area contributed by atoms with Crippen LogP contribution in [0, 0.1) is 0 Å². The van der Waals surface area contributed by atoms with E-state index in [-0.39, 0.29) is 87.9 Å². The molecule has 0 aromatic carbocycles. The molecule has 3 aliphatic heterocycles. The average molecular weight is 785 g/mol. The van der Waals surface area contributed by atoms with Gasteiger partial charge in [0.15, 0.2) is 0 Å². The Kier molecular flexibility index (Phi) is 27.2. The van der Waals surface area contributed by atoms with Gasteiger partial charge in [-0.05, 0) is 80.4 Å². The van der Waals surface area contributed by atoms with Crippen molar-refractivity contribution in [2.24, 2.45) is 0 Å². The normalized spacial score (nSPS) is 18.6. The van der Waals surface area contributed by atoms with Crippen LogP contribution in [0.4, 0.5) is 0 Å². The Morgan fingerprint density at radius 3 is 1.26 bits per heavy atom. The van der Waals surface area contributed by atoms with Gasteiger partial charge in [0.2, 0.25) is 29.5 Å². The van der Waals surface area contributed by atoms with Gasteiger partial charge in [0.05, 0.1) is 22.2 Å². The van der Waals surface area contributed by atoms with Crippen molar-refractivity contribution in [2.45, 2.75) is 115 Å². The van der Waals surface area contributed by atoms with Crippen molar-refractivity contribution in [3.8, 4) is 0 Å². The van der Waals surface area contributed by atoms with Crippen LogP contribution in [-0.4, -0.2) is 138 Å². The Bertz CT molecular complexity index is 1130. The van der Waals surface area contributed by atoms with Crippen molar-refractivity contribution in [2.75, 3.05) is 25.0 Å². The van der Waals surface area contributed by atoms with Gasteiger partial charge in [-0.15, -0.1) is 0 Å². The first-order chi connectivity index (χ1) is 22.7. The minimum absolute atomic E-state index is 0. The summed E-state index contributed by atoms with van der Waals surface area (Å²) in [6.07, 6.45) is 10.4. The quantitative estimate of drug-likeness (QED) is 0.216. The monoisotopic (exact) mass is 784 g/mol. The van der Waals surface area contributed by atoms with Crippen LogP contribution >= 0.6 is 47.9 Å². The van der Waals surface area contributed by atoms with E-state index in [1.54, 1.807) is 12.5 Å². The van der Waals surface area contributed by atoms with Crippen molar-refractivity contribution in [3.63, 3.8) is 0 Å². The Hall–Kier alpha value is -2.54. The molecule has 288 valence electrons. The lowest BCUT2D eigenvalue weighted by Crippen LogP contribution is -2.38. The Morgan fingerprint density at radius 1 is 0.740 bits per heavy atom. The second-order valence-electron chi connectivity index (χ2n) is 11.7. The zero-order valence-electron chi connectivity index (χ0n) is 31.0. The lowest BCUT2D eigenvalue weighted by atomic mass is 10.2. The van der Waals surface area contributed by atoms with E-state index in [4.69, 9.17) is 5.11 Å². The fourth-order valence-electron chi connectivity index (χ4n) is 4.44. The van der Waals surface area contributed by atoms with Gasteiger partial charge in [-0.2, -0.15) is 47.9 Å². The number of aliphatic carboxylic acids is 1. The van der Waals surface area contributed by atoms with Crippen LogP contribution in [0.5, 0.6) is 0 Å². The lowest BCUT2D eigenvalue weighted by Gasteiger charge is -2.18. The highest BCUT2D eigenvalue weighted by Gasteiger charge is 2.40. The van der Waals surface area contributed by atoms with Crippen molar-refractivity contribution in [3.05, 3.63) is 12.2 Å². The maximum absolute atomic E-state index is 11.5. The first-order valence-corrected chi connectivity index (χ1v) is 20.3. The number of hydrogen-bond donors (Lipinski definition) is 3. The van der Waals surface area contributed by atoms with Gasteiger partial charge in [0.25, 0.3) is 11.8 Å². The van der Waals surface area contributed by atoms with E-state index in [2.05, 4.69) is 17.9 Å². The van der Waals surface area contributed by atoms with E-state index in [9.17, 15) is 38.4 Å². The van der Waals surface area contributed by atoms with Gasteiger partial charge in [0, 0.05) is 49.2 Å². The summed E-state index contributed by atoms with van der Waals surface area (Å²) < 4.78 is 0. The molecule has 14 nitrogen and oxygen atoms in total. The number of carbonyl (C=O) groups is 8. The van der Waals surface area contributed by atoms with Crippen LogP contribution in [0.15, 0.2) is 12.2 Å². The van der Waals surface area contributed by atoms with E-state index in [0.717, 1.165) is 0 Å². The van der Waals surface area contributed by atoms with E-state index >= 15 is 0 Å². The molecule has 3 atom stereocenters. The van der Waals surface area contributed by atoms with E-state index in [1.165, 1.54) is 62.1 Å². The number of thioether (sulfide) groups is 3. The highest BCUT2D eigenvalue weighted by atomic mass is 32.2. The predicted molar refractivity (Wildman–Crippen MR) is 205 cm³/mol. The minimum atomic E-state index is -0.946. The van der Waals surface area contributed by atoms with E-state index in [1.807, 2.05) is 67.9 Å². The first-order valence-electron chi connectivity index (χ1n) is 15.6. The molecule has 2 saturated heterocycles. The van der Waals surface area contributed by atoms with E-state index in [0.29, 0.717) is 12.8 Å². The number of nitrogens with one attached hydrogen (secondary N) is 1. The van der Waals surface area contributed by atoms with Crippen LogP contribution in [0.1, 0.15) is 74.7 Å². The Balaban J connectivity index is -0.000000577. The molecular formula is C32H56N4O10S4. The van der Waals surface area contributed by atoms with Gasteiger partial charge in [-0.3, -0.25) is 53.1 Å². The zero-order chi connectivity index (χ0) is 38.8. The molecule has 0 bridgehead atoms. The average Bonchev–Trinajstić information content (AvgIpc) is 3.62. The fourth-order valence-corrected chi connectivity index (χ4v) is 6.28. The van der Waals surface area contributed by atoms with Crippen molar-refractivity contribution in [1.82, 2.24) is 20.0 Å². The Morgan fingerprint density at radius 2 is 1.08 bits per heavy atom. The topological polar surface area (TPSA) is 210 Å². The molecular weight excluding hydrogens is 729 g/mol. The highest BCUT2D eigenvalue weighted by molar-refractivity contribution is 8.00. The summed E-state index contributed by atoms with van der Waals surface area (Å²) in [4.78, 5) is 92.8. The highest BCUT2D eigenvalue weighted by Crippen LogP contribution is 2.25. The number of hydrogen-bond acceptors (Lipinski definition) is 12. The fraction of sp³-hybridized carbons (Fsp3) is 0.688. The molecule has 3 heterocycles. The lowest BCUT2D eigenvalue weighted by molar-refractivity contribution is -0.141. The van der Waals surface area contributed by atoms with Crippen LogP contribution in [0.2, 0.25) is 0 Å². The van der Waals surface area contributed by atoms with Gasteiger partial charge in [-0.25, -0.2) is 0 Å². The van der Waals surface area contributed by atoms with Gasteiger partial charge >= 0.3 is 5.97 Å². The van der Waals surface area contributed by atoms with Crippen LogP contribution in [0.3, 0.4) is 0 Å². The molecule has 18 heteroatoms. The zero-order valence-corrected chi connectivity index (χ0v) is 34.4. The molecule has 3 unspecified atom stereocenters. The molecule has 3 aliphatic rings. The number of carbonyl (C=O) groups excluding carboxylic acids is 7. The van der Waals surface area contributed by atoms with Crippen molar-refractivity contribution < 1.29 is 48.9 Å². The maximum atomic E-state index is 11.5. The third kappa shape index (κ3) is 17.1. The molecule has 0 spiro atoms. The molecule has 7 amide bonds. The number of rotatable bonds is 10. The SMILES string of the molecule is CC(C)N1C(=O)C=CC1=O.CS.CSC(CC(=O)O)C(=O)NC(C)C.CSC1CC(=O)N(C(C)C)C1=O.CSC1CC(=O)N(C(C)C)C1=O.O. The largest absolute Gasteiger partial charge is 0.481 e. The standard InChI is InChI=1S/C8H15NO3S.2C8H13NO2S.C7H9NO2.CH4S.H2O/c1-5(2)9-8(12)6(13-3)4-7(10)11;2*1-5(2)9-7(10)4-6(12-3)8(9)11;1-5(2)8-6(9)3-4-7(8)10;1-2;/h5-6H,4H2,1-3H3,(H,9,12)(H,10,11);2*5-6H,4H2,1-3H3;3-5H,1-2H3;2H,1H3;1H2. The molecule has 4 N–H and O–H groups in total. The van der Waals surface area contributed by atoms with Crippen LogP contribution in [0.25, 0.3) is 0 Å². The van der Waals surface area contributed by atoms with Crippen LogP contribution < -0.4 is 5.32 Å². The molecule has 0 radical (unpaired) electrons. The van der Waals surface area contributed by atoms with Gasteiger partial charge in [-0.1, -0.05) is 0 Å². The number of carboxylic acid groups (broad SMARTS) is 1. The number of amides is 7. The number of thiol groups is 1. The predicted octanol–water partition coefficient (Wildman–Crippen LogP) is 2.53. The summed E-state index contributed by atoms with van der Waals surface area (Å²) in [6.45, 7) is 14.7. The first kappa shape index (κ1) is 51.8. The summed E-state index contributed by atoms with van der Waals surface area (Å²) in [5.41, 5.74) is 0. The second-order valence-corrected chi connectivity index (χ2v) is 14.8. The van der Waals surface area contributed by atoms with E-state index < -0.39 is 11.2 Å². The molecule has 2 fully saturated rings. The van der Waals surface area contributed by atoms with Crippen molar-refractivity contribution in [1.29, 1.82) is 0 Å². The summed E-state index contributed by atoms with van der Waals surface area (Å²) >= 11 is 7.69. The van der Waals surface area contributed by atoms with Gasteiger partial charge < -0.3 is 15.9 Å². The smallest absolute Gasteiger partial charge is 0.305 e. The maximum Gasteiger partial charge on any atom is 0.305 e. The third-order valence-corrected chi connectivity index (χ3v) is 9.44.